The molecule has 146 valence electrons. The molecule has 0 unspecified atom stereocenters. The van der Waals surface area contributed by atoms with Crippen molar-refractivity contribution in [2.75, 3.05) is 19.7 Å². The number of carbonyl (C=O) groups is 2. The monoisotopic (exact) mass is 363 g/mol. The normalized spacial score (nSPS) is 18.0. The van der Waals surface area contributed by atoms with E-state index in [2.05, 4.69) is 5.32 Å². The number of hydrogen-bond donors (Lipinski definition) is 2. The maximum Gasteiger partial charge on any atom is 0.267 e. The van der Waals surface area contributed by atoms with Gasteiger partial charge in [0.1, 0.15) is 5.69 Å². The van der Waals surface area contributed by atoms with Crippen LogP contribution in [0.3, 0.4) is 0 Å². The third-order valence-corrected chi connectivity index (χ3v) is 5.39. The highest BCUT2D eigenvalue weighted by molar-refractivity contribution is 5.92. The van der Waals surface area contributed by atoms with E-state index in [1.54, 1.807) is 6.92 Å². The summed E-state index contributed by atoms with van der Waals surface area (Å²) < 4.78 is 1.92. The molecule has 0 radical (unpaired) electrons. The van der Waals surface area contributed by atoms with Crippen LogP contribution in [0, 0.1) is 5.41 Å². The molecule has 2 N–H and O–H groups in total. The number of likely N-dealkylation sites (tertiary alicyclic amines) is 1. The van der Waals surface area contributed by atoms with Crippen molar-refractivity contribution in [3.05, 3.63) is 23.5 Å². The van der Waals surface area contributed by atoms with Gasteiger partial charge >= 0.3 is 0 Å². The molecule has 1 atom stereocenters. The van der Waals surface area contributed by atoms with Gasteiger partial charge in [-0.1, -0.05) is 13.8 Å². The minimum Gasteiger partial charge on any atom is -0.396 e. The molecule has 6 nitrogen and oxygen atoms in total. The molecule has 0 aromatic carbocycles. The Morgan fingerprint density at radius 2 is 2.04 bits per heavy atom. The minimum absolute atomic E-state index is 0.0538. The van der Waals surface area contributed by atoms with Gasteiger partial charge in [-0.2, -0.15) is 0 Å². The molecule has 2 amide bonds. The Bertz CT molecular complexity index is 636. The van der Waals surface area contributed by atoms with Crippen molar-refractivity contribution in [1.82, 2.24) is 14.8 Å². The van der Waals surface area contributed by atoms with Crippen molar-refractivity contribution in [1.29, 1.82) is 0 Å². The Morgan fingerprint density at radius 3 is 2.69 bits per heavy atom. The lowest BCUT2D eigenvalue weighted by Crippen LogP contribution is -2.38. The fraction of sp³-hybridized carbons (Fsp3) is 0.700. The van der Waals surface area contributed by atoms with Crippen LogP contribution < -0.4 is 5.32 Å². The zero-order valence-electron chi connectivity index (χ0n) is 16.5. The Hall–Kier alpha value is -1.82. The van der Waals surface area contributed by atoms with Crippen LogP contribution in [0.1, 0.15) is 75.1 Å². The van der Waals surface area contributed by atoms with Gasteiger partial charge in [-0.15, -0.1) is 0 Å². The van der Waals surface area contributed by atoms with Gasteiger partial charge in [0.25, 0.3) is 5.91 Å². The molecule has 2 rings (SSSR count). The summed E-state index contributed by atoms with van der Waals surface area (Å²) >= 11 is 0. The molecule has 26 heavy (non-hydrogen) atoms. The first kappa shape index (κ1) is 20.5. The number of aromatic nitrogens is 1. The van der Waals surface area contributed by atoms with Crippen molar-refractivity contribution in [2.24, 2.45) is 12.5 Å². The van der Waals surface area contributed by atoms with Gasteiger partial charge in [0.15, 0.2) is 0 Å². The lowest BCUT2D eigenvalue weighted by atomic mass is 9.89. The number of amides is 2. The van der Waals surface area contributed by atoms with E-state index in [-0.39, 0.29) is 29.9 Å². The van der Waals surface area contributed by atoms with Gasteiger partial charge in [-0.3, -0.25) is 9.59 Å². The summed E-state index contributed by atoms with van der Waals surface area (Å²) in [4.78, 5) is 26.4. The second-order valence-corrected chi connectivity index (χ2v) is 8.11. The SMILES string of the molecule is CC(=O)N1CCCC[C@@H]1c1ccc(C(=O)NCCCC(C)(C)CO)n1C. The van der Waals surface area contributed by atoms with Crippen LogP contribution in [0.2, 0.25) is 0 Å². The predicted molar refractivity (Wildman–Crippen MR) is 102 cm³/mol. The standard InChI is InChI=1S/C20H33N3O3/c1-15(25)23-13-6-5-8-17(23)16-9-10-18(22(16)4)19(26)21-12-7-11-20(2,3)14-24/h9-10,17,24H,5-8,11-14H2,1-4H3,(H,21,26)/t17-/m1/s1. The first-order valence-corrected chi connectivity index (χ1v) is 9.59. The molecular formula is C20H33N3O3. The summed E-state index contributed by atoms with van der Waals surface area (Å²) in [6.45, 7) is 7.17. The number of nitrogens with one attached hydrogen (secondary N) is 1. The van der Waals surface area contributed by atoms with Crippen molar-refractivity contribution in [3.63, 3.8) is 0 Å². The van der Waals surface area contributed by atoms with Crippen LogP contribution in [0.15, 0.2) is 12.1 Å². The molecule has 1 aliphatic heterocycles. The van der Waals surface area contributed by atoms with E-state index in [4.69, 9.17) is 0 Å². The number of rotatable bonds is 7. The smallest absolute Gasteiger partial charge is 0.267 e. The highest BCUT2D eigenvalue weighted by atomic mass is 16.3. The Balaban J connectivity index is 1.99. The van der Waals surface area contributed by atoms with E-state index < -0.39 is 0 Å². The van der Waals surface area contributed by atoms with Crippen LogP contribution in [0.5, 0.6) is 0 Å². The van der Waals surface area contributed by atoms with Crippen LogP contribution in [0.25, 0.3) is 0 Å². The number of aliphatic hydroxyl groups is 1. The van der Waals surface area contributed by atoms with Gasteiger partial charge in [0.05, 0.1) is 6.04 Å². The highest BCUT2D eigenvalue weighted by Gasteiger charge is 2.28. The summed E-state index contributed by atoms with van der Waals surface area (Å²) in [5.74, 6) is -0.000798. The van der Waals surface area contributed by atoms with Gasteiger partial charge in [-0.05, 0) is 49.7 Å². The molecular weight excluding hydrogens is 330 g/mol. The van der Waals surface area contributed by atoms with Crippen LogP contribution in [-0.4, -0.2) is 46.1 Å². The van der Waals surface area contributed by atoms with E-state index in [0.29, 0.717) is 12.2 Å². The van der Waals surface area contributed by atoms with Crippen molar-refractivity contribution < 1.29 is 14.7 Å². The van der Waals surface area contributed by atoms with Gasteiger partial charge in [0.2, 0.25) is 5.91 Å². The van der Waals surface area contributed by atoms with E-state index in [9.17, 15) is 14.7 Å². The van der Waals surface area contributed by atoms with Crippen LogP contribution >= 0.6 is 0 Å². The molecule has 0 bridgehead atoms. The number of hydrogen-bond acceptors (Lipinski definition) is 3. The molecule has 6 heteroatoms. The molecule has 1 fully saturated rings. The largest absolute Gasteiger partial charge is 0.396 e. The predicted octanol–water partition coefficient (Wildman–Crippen LogP) is 2.63. The quantitative estimate of drug-likeness (QED) is 0.731. The third-order valence-electron chi connectivity index (χ3n) is 5.39. The summed E-state index contributed by atoms with van der Waals surface area (Å²) in [5, 5.41) is 12.3. The second kappa shape index (κ2) is 8.71. The zero-order chi connectivity index (χ0) is 19.3. The van der Waals surface area contributed by atoms with Crippen molar-refractivity contribution in [3.8, 4) is 0 Å². The topological polar surface area (TPSA) is 74.6 Å². The molecule has 1 aromatic heterocycles. The maximum atomic E-state index is 12.5. The number of aliphatic hydroxyl groups excluding tert-OH is 1. The summed E-state index contributed by atoms with van der Waals surface area (Å²) in [6, 6.07) is 3.86. The maximum absolute atomic E-state index is 12.5. The lowest BCUT2D eigenvalue weighted by molar-refractivity contribution is -0.132. The van der Waals surface area contributed by atoms with Gasteiger partial charge in [0, 0.05) is 39.4 Å². The average Bonchev–Trinajstić information content (AvgIpc) is 3.00. The molecule has 0 spiro atoms. The van der Waals surface area contributed by atoms with Crippen molar-refractivity contribution in [2.45, 2.75) is 58.9 Å². The van der Waals surface area contributed by atoms with Gasteiger partial charge in [-0.25, -0.2) is 0 Å². The fourth-order valence-electron chi connectivity index (χ4n) is 3.64. The van der Waals surface area contributed by atoms with Crippen LogP contribution in [-0.2, 0) is 11.8 Å². The van der Waals surface area contributed by atoms with E-state index in [1.807, 2.05) is 42.5 Å². The Labute approximate surface area is 156 Å². The third kappa shape index (κ3) is 4.87. The first-order chi connectivity index (χ1) is 12.3. The zero-order valence-corrected chi connectivity index (χ0v) is 16.5. The van der Waals surface area contributed by atoms with E-state index >= 15 is 0 Å². The molecule has 0 saturated carbocycles. The van der Waals surface area contributed by atoms with Crippen molar-refractivity contribution >= 4 is 11.8 Å². The Morgan fingerprint density at radius 1 is 1.31 bits per heavy atom. The molecule has 0 aliphatic carbocycles. The van der Waals surface area contributed by atoms with Crippen LogP contribution in [0.4, 0.5) is 0 Å². The first-order valence-electron chi connectivity index (χ1n) is 9.59. The summed E-state index contributed by atoms with van der Waals surface area (Å²) in [7, 11) is 1.89. The molecule has 1 aliphatic rings. The second-order valence-electron chi connectivity index (χ2n) is 8.11. The van der Waals surface area contributed by atoms with E-state index in [1.165, 1.54) is 0 Å². The minimum atomic E-state index is -0.111. The molecule has 1 aromatic rings. The summed E-state index contributed by atoms with van der Waals surface area (Å²) in [6.07, 6.45) is 4.77. The highest BCUT2D eigenvalue weighted by Crippen LogP contribution is 2.31. The summed E-state index contributed by atoms with van der Waals surface area (Å²) in [5.41, 5.74) is 1.53. The van der Waals surface area contributed by atoms with E-state index in [0.717, 1.165) is 44.3 Å². The Kier molecular flexibility index (Phi) is 6.87. The van der Waals surface area contributed by atoms with Gasteiger partial charge < -0.3 is 19.9 Å². The number of carbonyl (C=O) groups excluding carboxylic acids is 2. The molecule has 2 heterocycles. The fourth-order valence-corrected chi connectivity index (χ4v) is 3.64. The number of piperidine rings is 1. The average molecular weight is 364 g/mol. The number of nitrogens with zero attached hydrogens (tertiary/aromatic N) is 2. The lowest BCUT2D eigenvalue weighted by Gasteiger charge is -2.35. The molecule has 1 saturated heterocycles.